The lowest BCUT2D eigenvalue weighted by Gasteiger charge is -2.21. The molecule has 0 heterocycles. The highest BCUT2D eigenvalue weighted by Crippen LogP contribution is 2.31. The second-order valence-electron chi connectivity index (χ2n) is 6.06. The average Bonchev–Trinajstić information content (AvgIpc) is 2.39. The summed E-state index contributed by atoms with van der Waals surface area (Å²) < 4.78 is 0. The van der Waals surface area contributed by atoms with E-state index in [4.69, 9.17) is 0 Å². The Bertz CT molecular complexity index is 536. The van der Waals surface area contributed by atoms with E-state index in [-0.39, 0.29) is 16.6 Å². The van der Waals surface area contributed by atoms with Crippen molar-refractivity contribution in [3.05, 3.63) is 29.3 Å². The number of thioether (sulfide) groups is 1. The fourth-order valence-corrected chi connectivity index (χ4v) is 2.71. The Labute approximate surface area is 131 Å². The zero-order valence-corrected chi connectivity index (χ0v) is 14.4. The van der Waals surface area contributed by atoms with E-state index in [0.717, 1.165) is 10.5 Å². The van der Waals surface area contributed by atoms with Gasteiger partial charge in [-0.1, -0.05) is 32.9 Å². The van der Waals surface area contributed by atoms with Crippen LogP contribution in [0.15, 0.2) is 23.1 Å². The molecule has 5 heteroatoms. The van der Waals surface area contributed by atoms with Gasteiger partial charge in [0.2, 0.25) is 5.91 Å². The highest BCUT2D eigenvalue weighted by molar-refractivity contribution is 8.00. The SMILES string of the molecule is CNC(=O)NC(=O)[C@@H](C)Sc1cc(C(C)(C)C)ccc1C. The first kappa shape index (κ1) is 17.6. The van der Waals surface area contributed by atoms with Crippen LogP contribution in [0.3, 0.4) is 0 Å². The quantitative estimate of drug-likeness (QED) is 0.843. The molecule has 0 unspecified atom stereocenters. The van der Waals surface area contributed by atoms with E-state index in [2.05, 4.69) is 49.6 Å². The second-order valence-corrected chi connectivity index (χ2v) is 7.44. The van der Waals surface area contributed by atoms with Crippen molar-refractivity contribution in [1.82, 2.24) is 10.6 Å². The van der Waals surface area contributed by atoms with Gasteiger partial charge in [0.1, 0.15) is 0 Å². The smallest absolute Gasteiger partial charge is 0.321 e. The molecule has 0 aromatic heterocycles. The molecule has 3 amide bonds. The third kappa shape index (κ3) is 5.08. The first-order chi connectivity index (χ1) is 9.65. The monoisotopic (exact) mass is 308 g/mol. The summed E-state index contributed by atoms with van der Waals surface area (Å²) in [5.41, 5.74) is 2.43. The molecular formula is C16H24N2O2S. The minimum atomic E-state index is -0.479. The van der Waals surface area contributed by atoms with Crippen molar-refractivity contribution in [2.75, 3.05) is 7.05 Å². The molecule has 1 atom stereocenters. The van der Waals surface area contributed by atoms with Crippen molar-refractivity contribution in [3.63, 3.8) is 0 Å². The predicted molar refractivity (Wildman–Crippen MR) is 87.8 cm³/mol. The Morgan fingerprint density at radius 1 is 1.24 bits per heavy atom. The molecule has 1 aromatic carbocycles. The van der Waals surface area contributed by atoms with Crippen molar-refractivity contribution < 1.29 is 9.59 Å². The molecule has 0 aliphatic heterocycles. The molecule has 21 heavy (non-hydrogen) atoms. The number of rotatable bonds is 3. The van der Waals surface area contributed by atoms with Gasteiger partial charge in [0.25, 0.3) is 0 Å². The molecule has 0 bridgehead atoms. The number of aryl methyl sites for hydroxylation is 1. The Kier molecular flexibility index (Phi) is 5.84. The maximum absolute atomic E-state index is 11.9. The molecule has 0 aliphatic rings. The van der Waals surface area contributed by atoms with E-state index < -0.39 is 6.03 Å². The number of carbonyl (C=O) groups excluding carboxylic acids is 2. The molecule has 0 saturated heterocycles. The summed E-state index contributed by atoms with van der Waals surface area (Å²) in [5.74, 6) is -0.292. The fraction of sp³-hybridized carbons (Fsp3) is 0.500. The standard InChI is InChI=1S/C16H24N2O2S/c1-10-7-8-12(16(3,4)5)9-13(10)21-11(2)14(19)18-15(20)17-6/h7-9,11H,1-6H3,(H2,17,18,19,20)/t11-/m1/s1. The lowest BCUT2D eigenvalue weighted by Crippen LogP contribution is -2.41. The lowest BCUT2D eigenvalue weighted by molar-refractivity contribution is -0.119. The van der Waals surface area contributed by atoms with E-state index in [1.165, 1.54) is 24.4 Å². The average molecular weight is 308 g/mol. The van der Waals surface area contributed by atoms with Gasteiger partial charge in [-0.15, -0.1) is 11.8 Å². The normalized spacial score (nSPS) is 12.7. The maximum Gasteiger partial charge on any atom is 0.321 e. The minimum Gasteiger partial charge on any atom is -0.341 e. The number of urea groups is 1. The Morgan fingerprint density at radius 3 is 2.38 bits per heavy atom. The number of imide groups is 1. The summed E-state index contributed by atoms with van der Waals surface area (Å²) in [6, 6.07) is 5.84. The zero-order chi connectivity index (χ0) is 16.2. The van der Waals surface area contributed by atoms with Crippen LogP contribution in [-0.2, 0) is 10.2 Å². The second kappa shape index (κ2) is 6.98. The van der Waals surface area contributed by atoms with Crippen LogP contribution in [0.25, 0.3) is 0 Å². The number of benzene rings is 1. The van der Waals surface area contributed by atoms with Crippen LogP contribution >= 0.6 is 11.8 Å². The Hall–Kier alpha value is -1.49. The van der Waals surface area contributed by atoms with Crippen LogP contribution in [0.2, 0.25) is 0 Å². The summed E-state index contributed by atoms with van der Waals surface area (Å²) in [6.07, 6.45) is 0. The Morgan fingerprint density at radius 2 is 1.86 bits per heavy atom. The largest absolute Gasteiger partial charge is 0.341 e. The van der Waals surface area contributed by atoms with Crippen LogP contribution in [0.1, 0.15) is 38.8 Å². The molecule has 0 radical (unpaired) electrons. The predicted octanol–water partition coefficient (Wildman–Crippen LogP) is 3.23. The third-order valence-electron chi connectivity index (χ3n) is 3.19. The number of carbonyl (C=O) groups is 2. The molecule has 2 N–H and O–H groups in total. The van der Waals surface area contributed by atoms with Crippen molar-refractivity contribution in [2.24, 2.45) is 0 Å². The van der Waals surface area contributed by atoms with Gasteiger partial charge in [-0.25, -0.2) is 4.79 Å². The first-order valence-corrected chi connectivity index (χ1v) is 7.83. The minimum absolute atomic E-state index is 0.0661. The summed E-state index contributed by atoms with van der Waals surface area (Å²) in [4.78, 5) is 24.2. The number of hydrogen-bond acceptors (Lipinski definition) is 3. The number of nitrogens with one attached hydrogen (secondary N) is 2. The van der Waals surface area contributed by atoms with Crippen LogP contribution in [0.4, 0.5) is 4.79 Å². The van der Waals surface area contributed by atoms with E-state index in [9.17, 15) is 9.59 Å². The first-order valence-electron chi connectivity index (χ1n) is 6.95. The Balaban J connectivity index is 2.87. The van der Waals surface area contributed by atoms with Gasteiger partial charge in [0.05, 0.1) is 5.25 Å². The van der Waals surface area contributed by atoms with Gasteiger partial charge in [-0.05, 0) is 36.5 Å². The van der Waals surface area contributed by atoms with E-state index in [1.54, 1.807) is 6.92 Å². The van der Waals surface area contributed by atoms with Crippen LogP contribution in [0, 0.1) is 6.92 Å². The molecule has 1 rings (SSSR count). The third-order valence-corrected chi connectivity index (χ3v) is 4.45. The van der Waals surface area contributed by atoms with Crippen LogP contribution < -0.4 is 10.6 Å². The number of hydrogen-bond donors (Lipinski definition) is 2. The van der Waals surface area contributed by atoms with Gasteiger partial charge in [-0.3, -0.25) is 10.1 Å². The molecule has 0 saturated carbocycles. The molecule has 0 spiro atoms. The van der Waals surface area contributed by atoms with E-state index >= 15 is 0 Å². The van der Waals surface area contributed by atoms with Crippen LogP contribution in [0.5, 0.6) is 0 Å². The van der Waals surface area contributed by atoms with Gasteiger partial charge < -0.3 is 5.32 Å². The lowest BCUT2D eigenvalue weighted by atomic mass is 9.87. The molecule has 0 fully saturated rings. The van der Waals surface area contributed by atoms with Crippen molar-refractivity contribution in [1.29, 1.82) is 0 Å². The maximum atomic E-state index is 11.9. The summed E-state index contributed by atoms with van der Waals surface area (Å²) in [5, 5.41) is 4.34. The van der Waals surface area contributed by atoms with Gasteiger partial charge in [-0.2, -0.15) is 0 Å². The van der Waals surface area contributed by atoms with Gasteiger partial charge in [0, 0.05) is 11.9 Å². The van der Waals surface area contributed by atoms with Crippen molar-refractivity contribution in [3.8, 4) is 0 Å². The zero-order valence-electron chi connectivity index (χ0n) is 13.5. The summed E-state index contributed by atoms with van der Waals surface area (Å²) >= 11 is 1.47. The number of amides is 3. The van der Waals surface area contributed by atoms with E-state index in [0.29, 0.717) is 0 Å². The van der Waals surface area contributed by atoms with E-state index in [1.807, 2.05) is 6.92 Å². The molecular weight excluding hydrogens is 284 g/mol. The highest BCUT2D eigenvalue weighted by atomic mass is 32.2. The van der Waals surface area contributed by atoms with Gasteiger partial charge >= 0.3 is 6.03 Å². The molecule has 116 valence electrons. The van der Waals surface area contributed by atoms with Crippen molar-refractivity contribution in [2.45, 2.75) is 50.2 Å². The molecule has 1 aromatic rings. The summed E-state index contributed by atoms with van der Waals surface area (Å²) in [7, 11) is 1.48. The highest BCUT2D eigenvalue weighted by Gasteiger charge is 2.19. The summed E-state index contributed by atoms with van der Waals surface area (Å²) in [6.45, 7) is 10.3. The molecule has 4 nitrogen and oxygen atoms in total. The molecule has 0 aliphatic carbocycles. The fourth-order valence-electron chi connectivity index (χ4n) is 1.71. The topological polar surface area (TPSA) is 58.2 Å². The van der Waals surface area contributed by atoms with Crippen molar-refractivity contribution >= 4 is 23.7 Å². The van der Waals surface area contributed by atoms with Gasteiger partial charge in [0.15, 0.2) is 0 Å². The van der Waals surface area contributed by atoms with Crippen LogP contribution in [-0.4, -0.2) is 24.2 Å².